The number of benzene rings is 2. The smallest absolute Gasteiger partial charge is 0.254 e. The average Bonchev–Trinajstić information content (AvgIpc) is 3.47. The van der Waals surface area contributed by atoms with Crippen molar-refractivity contribution in [2.24, 2.45) is 28.8 Å². The van der Waals surface area contributed by atoms with Crippen LogP contribution in [0.4, 0.5) is 0 Å². The molecular formula is C25H23BrN2O4. The van der Waals surface area contributed by atoms with Crippen LogP contribution in [0.1, 0.15) is 24.5 Å². The van der Waals surface area contributed by atoms with Gasteiger partial charge in [-0.15, -0.1) is 0 Å². The van der Waals surface area contributed by atoms with Gasteiger partial charge in [-0.25, -0.2) is 0 Å². The Balaban J connectivity index is 1.35. The lowest BCUT2D eigenvalue weighted by Gasteiger charge is -2.15. The van der Waals surface area contributed by atoms with Gasteiger partial charge in [0.15, 0.2) is 11.5 Å². The fourth-order valence-corrected chi connectivity index (χ4v) is 5.49. The summed E-state index contributed by atoms with van der Waals surface area (Å²) in [5.41, 5.74) is 1.75. The van der Waals surface area contributed by atoms with Crippen LogP contribution in [0, 0.1) is 23.7 Å². The third-order valence-electron chi connectivity index (χ3n) is 6.33. The van der Waals surface area contributed by atoms with E-state index in [1.807, 2.05) is 43.3 Å². The zero-order chi connectivity index (χ0) is 22.2. The van der Waals surface area contributed by atoms with Gasteiger partial charge >= 0.3 is 0 Å². The molecule has 0 N–H and O–H groups in total. The molecule has 2 aromatic carbocycles. The van der Waals surface area contributed by atoms with E-state index in [0.29, 0.717) is 34.7 Å². The Hall–Kier alpha value is -2.93. The number of carbonyl (C=O) groups excluding carboxylic acids is 2. The molecule has 1 heterocycles. The van der Waals surface area contributed by atoms with E-state index in [1.54, 1.807) is 6.07 Å². The molecule has 4 atom stereocenters. The van der Waals surface area contributed by atoms with Gasteiger partial charge in [-0.05, 0) is 64.4 Å². The third-order valence-corrected chi connectivity index (χ3v) is 6.92. The maximum atomic E-state index is 12.8. The molecule has 164 valence electrons. The van der Waals surface area contributed by atoms with E-state index >= 15 is 0 Å². The van der Waals surface area contributed by atoms with Crippen LogP contribution in [-0.4, -0.2) is 29.6 Å². The molecule has 0 aromatic heterocycles. The molecule has 2 aliphatic carbocycles. The van der Waals surface area contributed by atoms with Crippen molar-refractivity contribution >= 4 is 34.0 Å². The third kappa shape index (κ3) is 3.64. The molecule has 5 rings (SSSR count). The van der Waals surface area contributed by atoms with Crippen LogP contribution in [0.2, 0.25) is 0 Å². The van der Waals surface area contributed by atoms with Crippen molar-refractivity contribution in [3.8, 4) is 11.5 Å². The summed E-state index contributed by atoms with van der Waals surface area (Å²) < 4.78 is 12.5. The molecule has 0 spiro atoms. The Labute approximate surface area is 195 Å². The Bertz CT molecular complexity index is 1080. The monoisotopic (exact) mass is 494 g/mol. The van der Waals surface area contributed by atoms with Gasteiger partial charge in [0, 0.05) is 0 Å². The van der Waals surface area contributed by atoms with Crippen molar-refractivity contribution in [1.82, 2.24) is 5.01 Å². The molecule has 0 unspecified atom stereocenters. The molecule has 2 fully saturated rings. The number of rotatable bonds is 7. The van der Waals surface area contributed by atoms with E-state index in [1.165, 1.54) is 6.21 Å². The Morgan fingerprint density at radius 2 is 1.75 bits per heavy atom. The fourth-order valence-electron chi connectivity index (χ4n) is 4.92. The largest absolute Gasteiger partial charge is 0.490 e. The minimum atomic E-state index is -0.255. The lowest BCUT2D eigenvalue weighted by atomic mass is 9.85. The second-order valence-corrected chi connectivity index (χ2v) is 9.12. The van der Waals surface area contributed by atoms with Crippen LogP contribution in [0.15, 0.2) is 64.2 Å². The standard InChI is InChI=1S/C25H23BrN2O4/c1-2-31-20-11-16(10-19(26)23(20)32-14-15-6-4-3-5-7-15)13-27-28-24(29)21-17-8-9-18(12-17)22(21)25(28)30/h3-11,13,17-18,21-22H,2,12,14H2,1H3/b27-13-/t17-,18-,21-,22-/m0/s1. The summed E-state index contributed by atoms with van der Waals surface area (Å²) in [5.74, 6) is 0.599. The number of carbonyl (C=O) groups is 2. The summed E-state index contributed by atoms with van der Waals surface area (Å²) in [4.78, 5) is 25.6. The molecule has 2 aromatic rings. The molecule has 2 bridgehead atoms. The van der Waals surface area contributed by atoms with Crippen LogP contribution in [0.25, 0.3) is 0 Å². The van der Waals surface area contributed by atoms with Gasteiger partial charge in [0.05, 0.1) is 29.1 Å². The number of ether oxygens (including phenoxy) is 2. The maximum Gasteiger partial charge on any atom is 0.254 e. The highest BCUT2D eigenvalue weighted by Crippen LogP contribution is 2.52. The van der Waals surface area contributed by atoms with Crippen LogP contribution >= 0.6 is 15.9 Å². The second kappa shape index (κ2) is 8.54. The number of imide groups is 1. The maximum absolute atomic E-state index is 12.8. The van der Waals surface area contributed by atoms with Gasteiger partial charge in [-0.2, -0.15) is 10.1 Å². The predicted octanol–water partition coefficient (Wildman–Crippen LogP) is 4.57. The number of hydrazone groups is 1. The normalized spacial score (nSPS) is 25.8. The summed E-state index contributed by atoms with van der Waals surface area (Å²) in [7, 11) is 0. The van der Waals surface area contributed by atoms with Crippen LogP contribution in [0.5, 0.6) is 11.5 Å². The van der Waals surface area contributed by atoms with Crippen molar-refractivity contribution in [1.29, 1.82) is 0 Å². The lowest BCUT2D eigenvalue weighted by Crippen LogP contribution is -2.28. The minimum Gasteiger partial charge on any atom is -0.490 e. The van der Waals surface area contributed by atoms with Crippen LogP contribution < -0.4 is 9.47 Å². The molecule has 2 amide bonds. The minimum absolute atomic E-state index is 0.168. The highest BCUT2D eigenvalue weighted by Gasteiger charge is 2.59. The summed E-state index contributed by atoms with van der Waals surface area (Å²) in [6.07, 6.45) is 6.58. The van der Waals surface area contributed by atoms with Gasteiger partial charge in [-0.1, -0.05) is 42.5 Å². The predicted molar refractivity (Wildman–Crippen MR) is 123 cm³/mol. The molecule has 7 heteroatoms. The summed E-state index contributed by atoms with van der Waals surface area (Å²) in [6, 6.07) is 13.5. The SMILES string of the molecule is CCOc1cc(/C=N\N2C(=O)[C@@H]3[C@@H](C2=O)[C@H]2C=C[C@H]3C2)cc(Br)c1OCc1ccccc1. The van der Waals surface area contributed by atoms with E-state index in [4.69, 9.17) is 9.47 Å². The first-order chi connectivity index (χ1) is 15.6. The summed E-state index contributed by atoms with van der Waals surface area (Å²) in [5, 5.41) is 5.32. The number of amides is 2. The van der Waals surface area contributed by atoms with E-state index in [2.05, 4.69) is 33.2 Å². The average molecular weight is 495 g/mol. The quantitative estimate of drug-likeness (QED) is 0.321. The first-order valence-corrected chi connectivity index (χ1v) is 11.6. The van der Waals surface area contributed by atoms with Crippen molar-refractivity contribution in [2.45, 2.75) is 20.0 Å². The number of fused-ring (bicyclic) bond motifs is 5. The number of hydrogen-bond donors (Lipinski definition) is 0. The van der Waals surface area contributed by atoms with Gasteiger partial charge in [0.1, 0.15) is 6.61 Å². The Kier molecular flexibility index (Phi) is 5.59. The number of hydrogen-bond acceptors (Lipinski definition) is 5. The van der Waals surface area contributed by atoms with E-state index in [-0.39, 0.29) is 35.5 Å². The van der Waals surface area contributed by atoms with Crippen molar-refractivity contribution in [2.75, 3.05) is 6.61 Å². The summed E-state index contributed by atoms with van der Waals surface area (Å²) in [6.45, 7) is 2.78. The summed E-state index contributed by atoms with van der Waals surface area (Å²) >= 11 is 3.56. The molecule has 3 aliphatic rings. The van der Waals surface area contributed by atoms with Crippen molar-refractivity contribution < 1.29 is 19.1 Å². The van der Waals surface area contributed by atoms with Crippen molar-refractivity contribution in [3.05, 3.63) is 70.2 Å². The van der Waals surface area contributed by atoms with E-state index in [9.17, 15) is 9.59 Å². The second-order valence-electron chi connectivity index (χ2n) is 8.27. The number of nitrogens with zero attached hydrogens (tertiary/aromatic N) is 2. The van der Waals surface area contributed by atoms with E-state index in [0.717, 1.165) is 17.0 Å². The molecule has 6 nitrogen and oxygen atoms in total. The van der Waals surface area contributed by atoms with Gasteiger partial charge < -0.3 is 9.47 Å². The highest BCUT2D eigenvalue weighted by molar-refractivity contribution is 9.10. The lowest BCUT2D eigenvalue weighted by molar-refractivity contribution is -0.140. The zero-order valence-electron chi connectivity index (χ0n) is 17.6. The van der Waals surface area contributed by atoms with Gasteiger partial charge in [0.2, 0.25) is 0 Å². The highest BCUT2D eigenvalue weighted by atomic mass is 79.9. The Morgan fingerprint density at radius 3 is 2.41 bits per heavy atom. The fraction of sp³-hybridized carbons (Fsp3) is 0.320. The van der Waals surface area contributed by atoms with Crippen LogP contribution in [-0.2, 0) is 16.2 Å². The zero-order valence-corrected chi connectivity index (χ0v) is 19.2. The molecule has 1 saturated carbocycles. The van der Waals surface area contributed by atoms with Gasteiger partial charge in [-0.3, -0.25) is 9.59 Å². The molecule has 1 saturated heterocycles. The van der Waals surface area contributed by atoms with E-state index < -0.39 is 0 Å². The molecule has 0 radical (unpaired) electrons. The van der Waals surface area contributed by atoms with Crippen LogP contribution in [0.3, 0.4) is 0 Å². The topological polar surface area (TPSA) is 68.2 Å². The number of allylic oxidation sites excluding steroid dienone is 2. The molecule has 32 heavy (non-hydrogen) atoms. The van der Waals surface area contributed by atoms with Gasteiger partial charge in [0.25, 0.3) is 11.8 Å². The molecular weight excluding hydrogens is 472 g/mol. The Morgan fingerprint density at radius 1 is 1.06 bits per heavy atom. The first kappa shape index (κ1) is 20.9. The molecule has 1 aliphatic heterocycles. The number of halogens is 1. The first-order valence-electron chi connectivity index (χ1n) is 10.8. The van der Waals surface area contributed by atoms with Crippen molar-refractivity contribution in [3.63, 3.8) is 0 Å².